The summed E-state index contributed by atoms with van der Waals surface area (Å²) in [7, 11) is -3.44. The molecule has 0 saturated heterocycles. The van der Waals surface area contributed by atoms with Crippen molar-refractivity contribution in [2.45, 2.75) is 9.79 Å². The van der Waals surface area contributed by atoms with Crippen LogP contribution in [0.5, 0.6) is 0 Å². The molecule has 0 saturated carbocycles. The van der Waals surface area contributed by atoms with Crippen LogP contribution in [0.4, 0.5) is 0 Å². The van der Waals surface area contributed by atoms with Gasteiger partial charge in [0.1, 0.15) is 4.60 Å². The number of rotatable bonds is 2. The minimum absolute atomic E-state index is 0.196. The zero-order valence-electron chi connectivity index (χ0n) is 8.17. The van der Waals surface area contributed by atoms with Crippen molar-refractivity contribution in [2.75, 3.05) is 0 Å². The van der Waals surface area contributed by atoms with Crippen molar-refractivity contribution in [2.24, 2.45) is 0 Å². The van der Waals surface area contributed by atoms with Crippen LogP contribution in [0.15, 0.2) is 63.1 Å². The van der Waals surface area contributed by atoms with Gasteiger partial charge in [-0.15, -0.1) is 0 Å². The molecular weight excluding hydrogens is 290 g/mol. The Hall–Kier alpha value is -1.20. The molecule has 3 nitrogen and oxygen atoms in total. The molecule has 2 rings (SSSR count). The van der Waals surface area contributed by atoms with Crippen LogP contribution in [0.3, 0.4) is 0 Å². The summed E-state index contributed by atoms with van der Waals surface area (Å²) in [6.07, 6.45) is 1.34. The Bertz CT molecular complexity index is 579. The molecule has 0 unspecified atom stereocenters. The van der Waals surface area contributed by atoms with Crippen molar-refractivity contribution >= 4 is 25.8 Å². The smallest absolute Gasteiger partial charge is 0.208 e. The summed E-state index contributed by atoms with van der Waals surface area (Å²) in [5, 5.41) is 0. The van der Waals surface area contributed by atoms with Crippen molar-refractivity contribution in [3.05, 3.63) is 53.3 Å². The summed E-state index contributed by atoms with van der Waals surface area (Å²) in [5.41, 5.74) is 0. The highest BCUT2D eigenvalue weighted by Gasteiger charge is 2.16. The zero-order valence-corrected chi connectivity index (χ0v) is 10.6. The minimum atomic E-state index is -3.44. The molecule has 1 heterocycles. The Labute approximate surface area is 102 Å². The van der Waals surface area contributed by atoms with E-state index in [9.17, 15) is 8.42 Å². The first-order valence-corrected chi connectivity index (χ1v) is 6.80. The highest BCUT2D eigenvalue weighted by Crippen LogP contribution is 2.20. The average Bonchev–Trinajstić information content (AvgIpc) is 2.31. The van der Waals surface area contributed by atoms with Gasteiger partial charge in [-0.05, 0) is 40.2 Å². The lowest BCUT2D eigenvalue weighted by Crippen LogP contribution is -2.01. The second-order valence-corrected chi connectivity index (χ2v) is 5.90. The monoisotopic (exact) mass is 297 g/mol. The maximum absolute atomic E-state index is 12.1. The van der Waals surface area contributed by atoms with Gasteiger partial charge in [0, 0.05) is 6.20 Å². The molecule has 0 radical (unpaired) electrons. The Morgan fingerprint density at radius 2 is 1.62 bits per heavy atom. The van der Waals surface area contributed by atoms with Gasteiger partial charge < -0.3 is 0 Å². The van der Waals surface area contributed by atoms with E-state index in [-0.39, 0.29) is 9.79 Å². The van der Waals surface area contributed by atoms with Gasteiger partial charge in [-0.25, -0.2) is 13.4 Å². The first-order valence-electron chi connectivity index (χ1n) is 4.52. The van der Waals surface area contributed by atoms with Gasteiger partial charge in [0.05, 0.1) is 9.79 Å². The zero-order chi connectivity index (χ0) is 11.6. The van der Waals surface area contributed by atoms with Gasteiger partial charge in [0.25, 0.3) is 0 Å². The fourth-order valence-electron chi connectivity index (χ4n) is 1.26. The summed E-state index contributed by atoms with van der Waals surface area (Å²) in [6.45, 7) is 0. The number of nitrogens with zero attached hydrogens (tertiary/aromatic N) is 1. The third kappa shape index (κ3) is 2.15. The molecule has 0 atom stereocenters. The van der Waals surface area contributed by atoms with E-state index in [2.05, 4.69) is 20.9 Å². The van der Waals surface area contributed by atoms with Crippen LogP contribution in [0.2, 0.25) is 0 Å². The molecule has 1 aromatic heterocycles. The predicted octanol–water partition coefficient (Wildman–Crippen LogP) is 2.68. The molecular formula is C11H8BrNO2S. The lowest BCUT2D eigenvalue weighted by atomic mass is 10.4. The maximum atomic E-state index is 12.1. The van der Waals surface area contributed by atoms with E-state index in [1.165, 1.54) is 12.3 Å². The van der Waals surface area contributed by atoms with Crippen molar-refractivity contribution in [3.63, 3.8) is 0 Å². The van der Waals surface area contributed by atoms with Gasteiger partial charge in [-0.1, -0.05) is 18.2 Å². The molecule has 0 aliphatic carbocycles. The molecule has 1 aromatic carbocycles. The highest BCUT2D eigenvalue weighted by atomic mass is 79.9. The summed E-state index contributed by atoms with van der Waals surface area (Å²) in [4.78, 5) is 4.38. The Kier molecular flexibility index (Phi) is 3.07. The van der Waals surface area contributed by atoms with Gasteiger partial charge in [0.15, 0.2) is 0 Å². The van der Waals surface area contributed by atoms with Crippen LogP contribution in [-0.2, 0) is 9.84 Å². The molecule has 5 heteroatoms. The fourth-order valence-corrected chi connectivity index (χ4v) is 2.72. The molecule has 0 N–H and O–H groups in total. The molecule has 82 valence electrons. The first kappa shape index (κ1) is 11.3. The Balaban J connectivity index is 2.52. The fraction of sp³-hybridized carbons (Fsp3) is 0. The second-order valence-electron chi connectivity index (χ2n) is 3.13. The molecule has 2 aromatic rings. The number of aromatic nitrogens is 1. The summed E-state index contributed by atoms with van der Waals surface area (Å²) < 4.78 is 24.8. The van der Waals surface area contributed by atoms with Gasteiger partial charge >= 0.3 is 0 Å². The lowest BCUT2D eigenvalue weighted by Gasteiger charge is -2.03. The van der Waals surface area contributed by atoms with E-state index in [1.807, 2.05) is 0 Å². The van der Waals surface area contributed by atoms with E-state index in [1.54, 1.807) is 36.4 Å². The van der Waals surface area contributed by atoms with E-state index in [4.69, 9.17) is 0 Å². The van der Waals surface area contributed by atoms with Crippen LogP contribution in [0.25, 0.3) is 0 Å². The predicted molar refractivity (Wildman–Crippen MR) is 63.8 cm³/mol. The summed E-state index contributed by atoms with van der Waals surface area (Å²) >= 11 is 3.16. The van der Waals surface area contributed by atoms with Crippen LogP contribution >= 0.6 is 15.9 Å². The van der Waals surface area contributed by atoms with Crippen molar-refractivity contribution in [1.82, 2.24) is 4.98 Å². The summed E-state index contributed by atoms with van der Waals surface area (Å²) in [6, 6.07) is 11.4. The number of pyridine rings is 1. The number of halogens is 1. The van der Waals surface area contributed by atoms with Gasteiger partial charge in [-0.2, -0.15) is 0 Å². The van der Waals surface area contributed by atoms with Crippen LogP contribution in [0, 0.1) is 0 Å². The van der Waals surface area contributed by atoms with Gasteiger partial charge in [-0.3, -0.25) is 0 Å². The van der Waals surface area contributed by atoms with Crippen molar-refractivity contribution < 1.29 is 8.42 Å². The lowest BCUT2D eigenvalue weighted by molar-refractivity contribution is 0.595. The molecule has 0 aliphatic heterocycles. The van der Waals surface area contributed by atoms with Crippen LogP contribution in [-0.4, -0.2) is 13.4 Å². The summed E-state index contributed by atoms with van der Waals surface area (Å²) in [5.74, 6) is 0. The van der Waals surface area contributed by atoms with Crippen molar-refractivity contribution in [3.8, 4) is 0 Å². The molecule has 16 heavy (non-hydrogen) atoms. The second kappa shape index (κ2) is 4.35. The largest absolute Gasteiger partial charge is 0.248 e. The molecule has 0 aliphatic rings. The average molecular weight is 298 g/mol. The quantitative estimate of drug-likeness (QED) is 0.801. The first-order chi connectivity index (χ1) is 7.60. The third-order valence-corrected chi connectivity index (χ3v) is 4.29. The minimum Gasteiger partial charge on any atom is -0.248 e. The van der Waals surface area contributed by atoms with Crippen LogP contribution < -0.4 is 0 Å². The number of hydrogen-bond donors (Lipinski definition) is 0. The van der Waals surface area contributed by atoms with Gasteiger partial charge in [0.2, 0.25) is 9.84 Å². The van der Waals surface area contributed by atoms with Crippen molar-refractivity contribution in [1.29, 1.82) is 0 Å². The van der Waals surface area contributed by atoms with Crippen LogP contribution in [0.1, 0.15) is 0 Å². The van der Waals surface area contributed by atoms with E-state index in [0.29, 0.717) is 4.60 Å². The standard InChI is InChI=1S/C11H8BrNO2S/c12-11-7-6-10(8-13-11)16(14,15)9-4-2-1-3-5-9/h1-8H. The normalized spacial score (nSPS) is 11.3. The Morgan fingerprint density at radius 3 is 2.19 bits per heavy atom. The maximum Gasteiger partial charge on any atom is 0.208 e. The van der Waals surface area contributed by atoms with E-state index < -0.39 is 9.84 Å². The third-order valence-electron chi connectivity index (χ3n) is 2.06. The molecule has 0 bridgehead atoms. The number of sulfone groups is 1. The Morgan fingerprint density at radius 1 is 0.938 bits per heavy atom. The molecule has 0 amide bonds. The number of benzene rings is 1. The molecule has 0 fully saturated rings. The SMILES string of the molecule is O=S(=O)(c1ccccc1)c1ccc(Br)nc1. The molecule has 0 spiro atoms. The number of hydrogen-bond acceptors (Lipinski definition) is 3. The topological polar surface area (TPSA) is 47.0 Å². The van der Waals surface area contributed by atoms with E-state index in [0.717, 1.165) is 0 Å². The van der Waals surface area contributed by atoms with E-state index >= 15 is 0 Å². The highest BCUT2D eigenvalue weighted by molar-refractivity contribution is 9.10.